The molecule has 0 aliphatic carbocycles. The number of halogens is 1. The first-order valence-electron chi connectivity index (χ1n) is 14.1. The zero-order valence-corrected chi connectivity index (χ0v) is 23.0. The van der Waals surface area contributed by atoms with E-state index < -0.39 is 11.8 Å². The highest BCUT2D eigenvalue weighted by Gasteiger charge is 2.16. The molecule has 0 saturated heterocycles. The van der Waals surface area contributed by atoms with E-state index in [1.165, 1.54) is 63.1 Å². The fourth-order valence-corrected chi connectivity index (χ4v) is 4.09. The monoisotopic (exact) mass is 520 g/mol. The predicted octanol–water partition coefficient (Wildman–Crippen LogP) is 8.61. The quantitative estimate of drug-likeness (QED) is 0.140. The molecule has 0 aliphatic rings. The molecular formula is C32H41FN2O3. The lowest BCUT2D eigenvalue weighted by Gasteiger charge is -2.11. The second kappa shape index (κ2) is 15.9. The largest absolute Gasteiger partial charge is 0.493 e. The fourth-order valence-electron chi connectivity index (χ4n) is 4.09. The number of carbonyl (C=O) groups is 1. The number of nitrogens with zero attached hydrogens (tertiary/aromatic N) is 2. The molecule has 0 saturated carbocycles. The lowest BCUT2D eigenvalue weighted by molar-refractivity contribution is 0.0722. The molecule has 0 aliphatic heterocycles. The summed E-state index contributed by atoms with van der Waals surface area (Å²) in [6.45, 7) is 7.20. The molecular weight excluding hydrogens is 479 g/mol. The molecule has 38 heavy (non-hydrogen) atoms. The zero-order valence-electron chi connectivity index (χ0n) is 23.0. The summed E-state index contributed by atoms with van der Waals surface area (Å²) in [4.78, 5) is 21.1. The summed E-state index contributed by atoms with van der Waals surface area (Å²) in [6.07, 6.45) is 14.6. The van der Waals surface area contributed by atoms with E-state index in [-0.39, 0.29) is 11.4 Å². The van der Waals surface area contributed by atoms with Gasteiger partial charge in [-0.25, -0.2) is 19.2 Å². The van der Waals surface area contributed by atoms with E-state index in [1.54, 1.807) is 6.07 Å². The van der Waals surface area contributed by atoms with Gasteiger partial charge in [-0.1, -0.05) is 78.2 Å². The van der Waals surface area contributed by atoms with Crippen molar-refractivity contribution < 1.29 is 18.7 Å². The molecule has 1 heterocycles. The highest BCUT2D eigenvalue weighted by Crippen LogP contribution is 2.22. The standard InChI is InChI=1S/C32H41FN2O3/c1-4-6-7-8-9-10-11-12-13-25-14-19-28(29(33)20-25)32(36)38-31-22-34-30(21-35-31)26-15-17-27(18-16-26)37-23-24(3)5-2/h14-22,24H,4-13,23H2,1-3H3. The third-order valence-electron chi connectivity index (χ3n) is 6.78. The van der Waals surface area contributed by atoms with Gasteiger partial charge < -0.3 is 9.47 Å². The number of benzene rings is 2. The van der Waals surface area contributed by atoms with Crippen molar-refractivity contribution in [3.8, 4) is 22.9 Å². The Balaban J connectivity index is 1.47. The minimum absolute atomic E-state index is 0.0228. The van der Waals surface area contributed by atoms with Gasteiger partial charge in [-0.2, -0.15) is 0 Å². The van der Waals surface area contributed by atoms with E-state index in [9.17, 15) is 9.18 Å². The van der Waals surface area contributed by atoms with Crippen LogP contribution in [0.2, 0.25) is 0 Å². The van der Waals surface area contributed by atoms with E-state index in [1.807, 2.05) is 24.3 Å². The van der Waals surface area contributed by atoms with E-state index in [0.717, 1.165) is 42.6 Å². The normalized spacial score (nSPS) is 11.8. The van der Waals surface area contributed by atoms with Crippen molar-refractivity contribution in [1.82, 2.24) is 9.97 Å². The Morgan fingerprint density at radius 2 is 1.61 bits per heavy atom. The molecule has 1 unspecified atom stereocenters. The number of carbonyl (C=O) groups excluding carboxylic acids is 1. The molecule has 0 spiro atoms. The smallest absolute Gasteiger partial charge is 0.347 e. The van der Waals surface area contributed by atoms with Crippen molar-refractivity contribution in [1.29, 1.82) is 0 Å². The van der Waals surface area contributed by atoms with Crippen LogP contribution in [0.15, 0.2) is 54.9 Å². The third-order valence-corrected chi connectivity index (χ3v) is 6.78. The molecule has 5 nitrogen and oxygen atoms in total. The number of esters is 1. The van der Waals surface area contributed by atoms with Crippen LogP contribution in [0.25, 0.3) is 11.3 Å². The van der Waals surface area contributed by atoms with Gasteiger partial charge in [0.05, 0.1) is 30.3 Å². The first-order valence-corrected chi connectivity index (χ1v) is 14.1. The van der Waals surface area contributed by atoms with Crippen LogP contribution in [0.5, 0.6) is 11.6 Å². The Labute approximate surface area is 226 Å². The van der Waals surface area contributed by atoms with Crippen LogP contribution in [0, 0.1) is 11.7 Å². The van der Waals surface area contributed by atoms with Gasteiger partial charge in [0.2, 0.25) is 5.88 Å². The Kier molecular flexibility index (Phi) is 12.2. The maximum atomic E-state index is 14.6. The summed E-state index contributed by atoms with van der Waals surface area (Å²) in [6, 6.07) is 12.3. The second-order valence-corrected chi connectivity index (χ2v) is 10.0. The Hall–Kier alpha value is -3.28. The molecule has 3 aromatic rings. The highest BCUT2D eigenvalue weighted by molar-refractivity contribution is 5.91. The number of aromatic nitrogens is 2. The number of unbranched alkanes of at least 4 members (excludes halogenated alkanes) is 7. The Morgan fingerprint density at radius 1 is 0.895 bits per heavy atom. The van der Waals surface area contributed by atoms with Crippen molar-refractivity contribution in [3.05, 3.63) is 71.8 Å². The van der Waals surface area contributed by atoms with Crippen LogP contribution in [0.4, 0.5) is 4.39 Å². The van der Waals surface area contributed by atoms with Gasteiger partial charge in [0.25, 0.3) is 0 Å². The molecule has 1 atom stereocenters. The lowest BCUT2D eigenvalue weighted by Crippen LogP contribution is -2.12. The van der Waals surface area contributed by atoms with Crippen molar-refractivity contribution in [2.24, 2.45) is 5.92 Å². The van der Waals surface area contributed by atoms with E-state index in [4.69, 9.17) is 9.47 Å². The molecule has 0 N–H and O–H groups in total. The maximum absolute atomic E-state index is 14.6. The zero-order chi connectivity index (χ0) is 27.2. The summed E-state index contributed by atoms with van der Waals surface area (Å²) in [5.41, 5.74) is 2.29. The topological polar surface area (TPSA) is 61.3 Å². The van der Waals surface area contributed by atoms with Gasteiger partial charge in [0.15, 0.2) is 0 Å². The van der Waals surface area contributed by atoms with Crippen LogP contribution in [0.1, 0.15) is 94.5 Å². The van der Waals surface area contributed by atoms with E-state index >= 15 is 0 Å². The molecule has 0 bridgehead atoms. The van der Waals surface area contributed by atoms with Gasteiger partial charge in [0.1, 0.15) is 11.6 Å². The average molecular weight is 521 g/mol. The maximum Gasteiger partial charge on any atom is 0.347 e. The van der Waals surface area contributed by atoms with Crippen LogP contribution in [-0.2, 0) is 6.42 Å². The molecule has 0 amide bonds. The van der Waals surface area contributed by atoms with Gasteiger partial charge in [-0.3, -0.25) is 0 Å². The minimum Gasteiger partial charge on any atom is -0.493 e. The lowest BCUT2D eigenvalue weighted by atomic mass is 10.0. The minimum atomic E-state index is -0.786. The molecule has 204 valence electrons. The van der Waals surface area contributed by atoms with Crippen LogP contribution in [0.3, 0.4) is 0 Å². The van der Waals surface area contributed by atoms with Crippen molar-refractivity contribution >= 4 is 5.97 Å². The predicted molar refractivity (Wildman–Crippen MR) is 150 cm³/mol. The third kappa shape index (κ3) is 9.55. The van der Waals surface area contributed by atoms with Crippen molar-refractivity contribution in [2.45, 2.75) is 85.0 Å². The Bertz CT molecular complexity index is 1120. The number of aryl methyl sites for hydroxylation is 1. The van der Waals surface area contributed by atoms with Crippen LogP contribution >= 0.6 is 0 Å². The first-order chi connectivity index (χ1) is 18.5. The Morgan fingerprint density at radius 3 is 2.24 bits per heavy atom. The molecule has 3 rings (SSSR count). The number of hydrogen-bond acceptors (Lipinski definition) is 5. The molecule has 1 aromatic heterocycles. The van der Waals surface area contributed by atoms with Gasteiger partial charge >= 0.3 is 5.97 Å². The van der Waals surface area contributed by atoms with Crippen LogP contribution in [-0.4, -0.2) is 22.5 Å². The number of rotatable bonds is 16. The summed E-state index contributed by atoms with van der Waals surface area (Å²) in [5, 5.41) is 0. The van der Waals surface area contributed by atoms with Gasteiger partial charge in [0, 0.05) is 5.56 Å². The van der Waals surface area contributed by atoms with Gasteiger partial charge in [-0.15, -0.1) is 0 Å². The van der Waals surface area contributed by atoms with E-state index in [0.29, 0.717) is 18.2 Å². The average Bonchev–Trinajstić information content (AvgIpc) is 2.94. The summed E-state index contributed by atoms with van der Waals surface area (Å²) >= 11 is 0. The highest BCUT2D eigenvalue weighted by atomic mass is 19.1. The molecule has 6 heteroatoms. The number of hydrogen-bond donors (Lipinski definition) is 0. The first kappa shape index (κ1) is 29.3. The number of ether oxygens (including phenoxy) is 2. The molecule has 2 aromatic carbocycles. The summed E-state index contributed by atoms with van der Waals surface area (Å²) in [7, 11) is 0. The molecule has 0 fully saturated rings. The summed E-state index contributed by atoms with van der Waals surface area (Å²) in [5.74, 6) is -0.0340. The van der Waals surface area contributed by atoms with Crippen LogP contribution < -0.4 is 9.47 Å². The summed E-state index contributed by atoms with van der Waals surface area (Å²) < 4.78 is 25.7. The fraction of sp³-hybridized carbons (Fsp3) is 0.469. The molecule has 0 radical (unpaired) electrons. The van der Waals surface area contributed by atoms with E-state index in [2.05, 4.69) is 30.7 Å². The van der Waals surface area contributed by atoms with Gasteiger partial charge in [-0.05, 0) is 60.7 Å². The SMILES string of the molecule is CCCCCCCCCCc1ccc(C(=O)Oc2cnc(-c3ccc(OCC(C)CC)cc3)cn2)c(F)c1. The second-order valence-electron chi connectivity index (χ2n) is 10.0. The van der Waals surface area contributed by atoms with Crippen molar-refractivity contribution in [2.75, 3.05) is 6.61 Å². The van der Waals surface area contributed by atoms with Crippen molar-refractivity contribution in [3.63, 3.8) is 0 Å².